The standard InChI is InChI=1S/C17H24N2O/c1-13(12-19-9-3-6-17(19)20)18-11-14-4-2-5-16(10-14)15-7-8-15/h2,4-5,10,13,15,18H,3,6-9,11-12H2,1H3. The van der Waals surface area contributed by atoms with Crippen molar-refractivity contribution in [1.29, 1.82) is 0 Å². The summed E-state index contributed by atoms with van der Waals surface area (Å²) in [5.41, 5.74) is 2.85. The van der Waals surface area contributed by atoms with E-state index in [1.165, 1.54) is 24.0 Å². The fourth-order valence-corrected chi connectivity index (χ4v) is 2.96. The monoisotopic (exact) mass is 272 g/mol. The molecule has 0 spiro atoms. The van der Waals surface area contributed by atoms with Crippen molar-refractivity contribution in [1.82, 2.24) is 10.2 Å². The number of rotatable bonds is 6. The van der Waals surface area contributed by atoms with Crippen LogP contribution in [0.1, 0.15) is 49.7 Å². The molecule has 0 aromatic heterocycles. The predicted octanol–water partition coefficient (Wildman–Crippen LogP) is 2.66. The minimum Gasteiger partial charge on any atom is -0.341 e. The second-order valence-corrected chi connectivity index (χ2v) is 6.24. The van der Waals surface area contributed by atoms with Crippen molar-refractivity contribution in [2.45, 2.75) is 51.1 Å². The van der Waals surface area contributed by atoms with Gasteiger partial charge in [0.25, 0.3) is 0 Å². The molecule has 0 bridgehead atoms. The van der Waals surface area contributed by atoms with Gasteiger partial charge < -0.3 is 10.2 Å². The molecule has 20 heavy (non-hydrogen) atoms. The minimum absolute atomic E-state index is 0.314. The molecule has 2 aliphatic rings. The largest absolute Gasteiger partial charge is 0.341 e. The van der Waals surface area contributed by atoms with Gasteiger partial charge in [-0.3, -0.25) is 4.79 Å². The minimum atomic E-state index is 0.314. The Morgan fingerprint density at radius 3 is 2.95 bits per heavy atom. The molecule has 1 aromatic rings. The van der Waals surface area contributed by atoms with Crippen LogP contribution in [0.2, 0.25) is 0 Å². The van der Waals surface area contributed by atoms with E-state index in [4.69, 9.17) is 0 Å². The molecule has 1 aliphatic carbocycles. The first-order valence-corrected chi connectivity index (χ1v) is 7.82. The van der Waals surface area contributed by atoms with E-state index in [2.05, 4.69) is 36.5 Å². The van der Waals surface area contributed by atoms with E-state index in [9.17, 15) is 4.79 Å². The van der Waals surface area contributed by atoms with Gasteiger partial charge in [-0.05, 0) is 43.2 Å². The SMILES string of the molecule is CC(CN1CCCC1=O)NCc1cccc(C2CC2)c1. The Morgan fingerprint density at radius 1 is 1.40 bits per heavy atom. The van der Waals surface area contributed by atoms with Crippen molar-refractivity contribution in [2.24, 2.45) is 0 Å². The number of nitrogens with zero attached hydrogens (tertiary/aromatic N) is 1. The van der Waals surface area contributed by atoms with Gasteiger partial charge in [0.1, 0.15) is 0 Å². The molecule has 108 valence electrons. The number of benzene rings is 1. The zero-order chi connectivity index (χ0) is 13.9. The van der Waals surface area contributed by atoms with Crippen LogP contribution in [0.3, 0.4) is 0 Å². The van der Waals surface area contributed by atoms with E-state index < -0.39 is 0 Å². The van der Waals surface area contributed by atoms with Gasteiger partial charge in [-0.1, -0.05) is 24.3 Å². The molecule has 1 saturated heterocycles. The molecule has 1 unspecified atom stereocenters. The first-order chi connectivity index (χ1) is 9.72. The highest BCUT2D eigenvalue weighted by Gasteiger charge is 2.23. The Bertz CT molecular complexity index is 482. The smallest absolute Gasteiger partial charge is 0.222 e. The van der Waals surface area contributed by atoms with Crippen LogP contribution in [0.5, 0.6) is 0 Å². The summed E-state index contributed by atoms with van der Waals surface area (Å²) < 4.78 is 0. The summed E-state index contributed by atoms with van der Waals surface area (Å²) in [6.07, 6.45) is 4.46. The van der Waals surface area contributed by atoms with Crippen LogP contribution in [0.4, 0.5) is 0 Å². The van der Waals surface area contributed by atoms with Crippen molar-refractivity contribution in [3.8, 4) is 0 Å². The highest BCUT2D eigenvalue weighted by atomic mass is 16.2. The van der Waals surface area contributed by atoms with Crippen LogP contribution >= 0.6 is 0 Å². The van der Waals surface area contributed by atoms with Gasteiger partial charge in [-0.2, -0.15) is 0 Å². The summed E-state index contributed by atoms with van der Waals surface area (Å²) in [6, 6.07) is 9.28. The Hall–Kier alpha value is -1.35. The summed E-state index contributed by atoms with van der Waals surface area (Å²) in [5, 5.41) is 3.54. The predicted molar refractivity (Wildman–Crippen MR) is 80.5 cm³/mol. The van der Waals surface area contributed by atoms with E-state index in [0.29, 0.717) is 11.9 Å². The van der Waals surface area contributed by atoms with Crippen molar-refractivity contribution >= 4 is 5.91 Å². The molecule has 3 heteroatoms. The highest BCUT2D eigenvalue weighted by Crippen LogP contribution is 2.40. The first kappa shape index (κ1) is 13.6. The molecule has 0 radical (unpaired) electrons. The summed E-state index contributed by atoms with van der Waals surface area (Å²) in [5.74, 6) is 1.13. The molecule has 1 atom stereocenters. The van der Waals surface area contributed by atoms with Crippen molar-refractivity contribution in [2.75, 3.05) is 13.1 Å². The maximum atomic E-state index is 11.6. The summed E-state index contributed by atoms with van der Waals surface area (Å²) >= 11 is 0. The molecule has 2 fully saturated rings. The van der Waals surface area contributed by atoms with E-state index in [1.807, 2.05) is 4.90 Å². The Morgan fingerprint density at radius 2 is 2.25 bits per heavy atom. The fraction of sp³-hybridized carbons (Fsp3) is 0.588. The van der Waals surface area contributed by atoms with E-state index in [-0.39, 0.29) is 0 Å². The number of amides is 1. The molecule has 1 aromatic carbocycles. The maximum absolute atomic E-state index is 11.6. The second-order valence-electron chi connectivity index (χ2n) is 6.24. The number of likely N-dealkylation sites (tertiary alicyclic amines) is 1. The van der Waals surface area contributed by atoms with Crippen LogP contribution in [0.25, 0.3) is 0 Å². The zero-order valence-corrected chi connectivity index (χ0v) is 12.3. The first-order valence-electron chi connectivity index (χ1n) is 7.82. The van der Waals surface area contributed by atoms with Gasteiger partial charge in [-0.15, -0.1) is 0 Å². The van der Waals surface area contributed by atoms with Crippen molar-refractivity contribution in [3.63, 3.8) is 0 Å². The third-order valence-electron chi connectivity index (χ3n) is 4.32. The number of hydrogen-bond acceptors (Lipinski definition) is 2. The summed E-state index contributed by atoms with van der Waals surface area (Å²) in [6.45, 7) is 4.82. The normalized spacial score (nSPS) is 20.4. The molecule has 1 N–H and O–H groups in total. The zero-order valence-electron chi connectivity index (χ0n) is 12.3. The highest BCUT2D eigenvalue weighted by molar-refractivity contribution is 5.78. The van der Waals surface area contributed by atoms with Gasteiger partial charge in [0.05, 0.1) is 0 Å². The number of hydrogen-bond donors (Lipinski definition) is 1. The molecule has 3 nitrogen and oxygen atoms in total. The van der Waals surface area contributed by atoms with Crippen molar-refractivity contribution in [3.05, 3.63) is 35.4 Å². The van der Waals surface area contributed by atoms with Crippen LogP contribution in [0.15, 0.2) is 24.3 Å². The third-order valence-corrected chi connectivity index (χ3v) is 4.32. The van der Waals surface area contributed by atoms with Gasteiger partial charge >= 0.3 is 0 Å². The summed E-state index contributed by atoms with van der Waals surface area (Å²) in [4.78, 5) is 13.6. The second kappa shape index (κ2) is 5.96. The van der Waals surface area contributed by atoms with Gasteiger partial charge in [-0.25, -0.2) is 0 Å². The van der Waals surface area contributed by atoms with Crippen molar-refractivity contribution < 1.29 is 4.79 Å². The van der Waals surface area contributed by atoms with E-state index in [1.54, 1.807) is 0 Å². The van der Waals surface area contributed by atoms with E-state index >= 15 is 0 Å². The number of carbonyl (C=O) groups is 1. The molecule has 1 aliphatic heterocycles. The lowest BCUT2D eigenvalue weighted by Crippen LogP contribution is -2.39. The lowest BCUT2D eigenvalue weighted by Gasteiger charge is -2.21. The Kier molecular flexibility index (Phi) is 4.06. The Labute approximate surface area is 121 Å². The van der Waals surface area contributed by atoms with Gasteiger partial charge in [0.15, 0.2) is 0 Å². The van der Waals surface area contributed by atoms with Crippen LogP contribution in [-0.4, -0.2) is 29.9 Å². The average molecular weight is 272 g/mol. The molecular weight excluding hydrogens is 248 g/mol. The molecule has 1 amide bonds. The van der Waals surface area contributed by atoms with E-state index in [0.717, 1.165) is 38.4 Å². The van der Waals surface area contributed by atoms with Crippen LogP contribution in [-0.2, 0) is 11.3 Å². The lowest BCUT2D eigenvalue weighted by atomic mass is 10.1. The topological polar surface area (TPSA) is 32.3 Å². The fourth-order valence-electron chi connectivity index (χ4n) is 2.96. The molecule has 1 saturated carbocycles. The Balaban J connectivity index is 1.48. The molecule has 1 heterocycles. The average Bonchev–Trinajstić information content (AvgIpc) is 3.23. The summed E-state index contributed by atoms with van der Waals surface area (Å²) in [7, 11) is 0. The number of carbonyl (C=O) groups excluding carboxylic acids is 1. The third kappa shape index (κ3) is 3.40. The maximum Gasteiger partial charge on any atom is 0.222 e. The molecular formula is C17H24N2O. The molecule has 3 rings (SSSR count). The van der Waals surface area contributed by atoms with Gasteiger partial charge in [0.2, 0.25) is 5.91 Å². The van der Waals surface area contributed by atoms with Crippen LogP contribution in [0, 0.1) is 0 Å². The van der Waals surface area contributed by atoms with Gasteiger partial charge in [0, 0.05) is 32.1 Å². The lowest BCUT2D eigenvalue weighted by molar-refractivity contribution is -0.127. The quantitative estimate of drug-likeness (QED) is 0.863. The van der Waals surface area contributed by atoms with Crippen LogP contribution < -0.4 is 5.32 Å². The number of nitrogens with one attached hydrogen (secondary N) is 1.